The molecule has 174 valence electrons. The number of imide groups is 1. The Morgan fingerprint density at radius 3 is 2.31 bits per heavy atom. The van der Waals surface area contributed by atoms with Gasteiger partial charge in [-0.15, -0.1) is 6.42 Å². The third kappa shape index (κ3) is 4.77. The summed E-state index contributed by atoms with van der Waals surface area (Å²) in [5.41, 5.74) is 2.63. The Balaban J connectivity index is 1.67. The summed E-state index contributed by atoms with van der Waals surface area (Å²) in [7, 11) is 1.54. The second-order valence-corrected chi connectivity index (χ2v) is 7.87. The first kappa shape index (κ1) is 23.3. The highest BCUT2D eigenvalue weighted by molar-refractivity contribution is 6.13. The lowest BCUT2D eigenvalue weighted by atomic mass is 9.97. The van der Waals surface area contributed by atoms with Crippen LogP contribution in [0.3, 0.4) is 0 Å². The fraction of sp³-hybridized carbons (Fsp3) is 0.107. The van der Waals surface area contributed by atoms with Gasteiger partial charge in [-0.1, -0.05) is 55.0 Å². The second kappa shape index (κ2) is 9.98. The van der Waals surface area contributed by atoms with Gasteiger partial charge < -0.3 is 15.4 Å². The first-order chi connectivity index (χ1) is 16.9. The summed E-state index contributed by atoms with van der Waals surface area (Å²) in [4.78, 5) is 40.9. The number of ether oxygens (including phenoxy) is 1. The largest absolute Gasteiger partial charge is 0.497 e. The van der Waals surface area contributed by atoms with Crippen molar-refractivity contribution in [2.24, 2.45) is 0 Å². The molecule has 1 aliphatic rings. The van der Waals surface area contributed by atoms with Crippen LogP contribution < -0.4 is 15.4 Å². The van der Waals surface area contributed by atoms with Crippen LogP contribution in [0.5, 0.6) is 5.75 Å². The number of urea groups is 1. The summed E-state index contributed by atoms with van der Waals surface area (Å²) in [6.07, 6.45) is 5.40. The molecule has 1 heterocycles. The molecule has 0 radical (unpaired) electrons. The maximum Gasteiger partial charge on any atom is 0.326 e. The molecule has 1 aliphatic heterocycles. The van der Waals surface area contributed by atoms with Crippen LogP contribution in [0, 0.1) is 12.3 Å². The van der Waals surface area contributed by atoms with E-state index in [2.05, 4.69) is 23.1 Å². The van der Waals surface area contributed by atoms with Gasteiger partial charge in [-0.25, -0.2) is 9.69 Å². The van der Waals surface area contributed by atoms with E-state index in [-0.39, 0.29) is 0 Å². The minimum atomic E-state index is -1.28. The monoisotopic (exact) mass is 465 g/mol. The van der Waals surface area contributed by atoms with Crippen LogP contribution >= 0.6 is 0 Å². The van der Waals surface area contributed by atoms with Gasteiger partial charge in [0.15, 0.2) is 0 Å². The first-order valence-corrected chi connectivity index (χ1v) is 10.8. The van der Waals surface area contributed by atoms with Gasteiger partial charge in [-0.3, -0.25) is 9.59 Å². The molecule has 0 bridgehead atoms. The number of nitrogens with zero attached hydrogens (tertiary/aromatic N) is 1. The van der Waals surface area contributed by atoms with Crippen molar-refractivity contribution in [2.45, 2.75) is 12.1 Å². The molecule has 7 heteroatoms. The number of terminal acetylenes is 1. The topological polar surface area (TPSA) is 87.7 Å². The molecule has 2 N–H and O–H groups in total. The van der Waals surface area contributed by atoms with Crippen molar-refractivity contribution in [3.63, 3.8) is 0 Å². The molecule has 4 amide bonds. The molecule has 0 spiro atoms. The molecular weight excluding hydrogens is 442 g/mol. The normalized spacial score (nSPS) is 15.7. The minimum Gasteiger partial charge on any atom is -0.497 e. The standard InChI is InChI=1S/C28H23N3O4/c1-4-19-10-14-22(15-11-19)29-26(32)25(18(2)20-8-6-5-7-9-20)31-27(33)24(30-28(31)34)21-12-16-23(35-3)17-13-21/h1,5-17,24-25H,2H2,3H3,(H,29,32)(H,30,34)/t24-,25?/m1/s1. The second-order valence-electron chi connectivity index (χ2n) is 7.87. The molecule has 1 fully saturated rings. The van der Waals surface area contributed by atoms with Crippen LogP contribution in [0.1, 0.15) is 22.7 Å². The molecule has 7 nitrogen and oxygen atoms in total. The number of benzene rings is 3. The Bertz CT molecular complexity index is 1310. The van der Waals surface area contributed by atoms with Gasteiger partial charge in [-0.2, -0.15) is 0 Å². The number of methoxy groups -OCH3 is 1. The number of anilines is 1. The van der Waals surface area contributed by atoms with Gasteiger partial charge in [0.05, 0.1) is 7.11 Å². The van der Waals surface area contributed by atoms with Crippen molar-refractivity contribution in [2.75, 3.05) is 12.4 Å². The van der Waals surface area contributed by atoms with Crippen LogP contribution in [0.15, 0.2) is 85.4 Å². The van der Waals surface area contributed by atoms with Gasteiger partial charge in [0, 0.05) is 11.3 Å². The van der Waals surface area contributed by atoms with Crippen LogP contribution in [-0.2, 0) is 9.59 Å². The van der Waals surface area contributed by atoms with Gasteiger partial charge in [-0.05, 0) is 53.1 Å². The van der Waals surface area contributed by atoms with E-state index in [1.165, 1.54) is 7.11 Å². The Labute approximate surface area is 203 Å². The van der Waals surface area contributed by atoms with E-state index in [1.54, 1.807) is 72.8 Å². The van der Waals surface area contributed by atoms with Crippen molar-refractivity contribution in [3.05, 3.63) is 102 Å². The average Bonchev–Trinajstić information content (AvgIpc) is 3.18. The van der Waals surface area contributed by atoms with Crippen LogP contribution in [0.25, 0.3) is 5.57 Å². The number of rotatable bonds is 7. The highest BCUT2D eigenvalue weighted by Crippen LogP contribution is 2.30. The lowest BCUT2D eigenvalue weighted by molar-refractivity contribution is -0.132. The van der Waals surface area contributed by atoms with Crippen LogP contribution in [0.2, 0.25) is 0 Å². The molecule has 0 aromatic heterocycles. The number of nitrogens with one attached hydrogen (secondary N) is 2. The average molecular weight is 466 g/mol. The van der Waals surface area contributed by atoms with Crippen molar-refractivity contribution >= 4 is 29.1 Å². The number of hydrogen-bond acceptors (Lipinski definition) is 4. The van der Waals surface area contributed by atoms with E-state index in [0.717, 1.165) is 4.90 Å². The quantitative estimate of drug-likeness (QED) is 0.408. The van der Waals surface area contributed by atoms with E-state index >= 15 is 0 Å². The van der Waals surface area contributed by atoms with Crippen molar-refractivity contribution < 1.29 is 19.1 Å². The molecular formula is C28H23N3O4. The molecule has 4 rings (SSSR count). The number of hydrogen-bond donors (Lipinski definition) is 2. The zero-order valence-corrected chi connectivity index (χ0v) is 19.0. The Hall–Kier alpha value is -4.83. The maximum atomic E-state index is 13.5. The van der Waals surface area contributed by atoms with E-state index in [1.807, 2.05) is 6.07 Å². The summed E-state index contributed by atoms with van der Waals surface area (Å²) in [6.45, 7) is 4.07. The Kier molecular flexibility index (Phi) is 6.65. The zero-order valence-electron chi connectivity index (χ0n) is 19.0. The predicted octanol–water partition coefficient (Wildman–Crippen LogP) is 3.99. The number of carbonyl (C=O) groups excluding carboxylic acids is 3. The lowest BCUT2D eigenvalue weighted by Crippen LogP contribution is -2.48. The highest BCUT2D eigenvalue weighted by atomic mass is 16.5. The molecule has 1 unspecified atom stereocenters. The van der Waals surface area contributed by atoms with Gasteiger partial charge in [0.1, 0.15) is 17.8 Å². The van der Waals surface area contributed by atoms with Crippen molar-refractivity contribution in [1.82, 2.24) is 10.2 Å². The Morgan fingerprint density at radius 1 is 1.06 bits per heavy atom. The van der Waals surface area contributed by atoms with Gasteiger partial charge in [0.2, 0.25) is 0 Å². The summed E-state index contributed by atoms with van der Waals surface area (Å²) in [5, 5.41) is 5.45. The van der Waals surface area contributed by atoms with E-state index in [9.17, 15) is 14.4 Å². The third-order valence-electron chi connectivity index (χ3n) is 5.72. The summed E-state index contributed by atoms with van der Waals surface area (Å²) in [5.74, 6) is 2.00. The first-order valence-electron chi connectivity index (χ1n) is 10.8. The molecule has 0 saturated carbocycles. The van der Waals surface area contributed by atoms with Crippen LogP contribution in [0.4, 0.5) is 10.5 Å². The smallest absolute Gasteiger partial charge is 0.326 e. The zero-order chi connectivity index (χ0) is 24.9. The SMILES string of the molecule is C#Cc1ccc(NC(=O)C(C(=C)c2ccccc2)N2C(=O)N[C@H](c3ccc(OC)cc3)C2=O)cc1. The molecule has 1 saturated heterocycles. The third-order valence-corrected chi connectivity index (χ3v) is 5.72. The van der Waals surface area contributed by atoms with Gasteiger partial charge in [0.25, 0.3) is 11.8 Å². The molecule has 3 aromatic rings. The molecule has 35 heavy (non-hydrogen) atoms. The number of amides is 4. The Morgan fingerprint density at radius 2 is 1.71 bits per heavy atom. The molecule has 0 aliphatic carbocycles. The van der Waals surface area contributed by atoms with E-state index < -0.39 is 29.9 Å². The fourth-order valence-electron chi connectivity index (χ4n) is 3.86. The fourth-order valence-corrected chi connectivity index (χ4v) is 3.86. The summed E-state index contributed by atoms with van der Waals surface area (Å²) >= 11 is 0. The minimum absolute atomic E-state index is 0.308. The summed E-state index contributed by atoms with van der Waals surface area (Å²) < 4.78 is 5.16. The highest BCUT2D eigenvalue weighted by Gasteiger charge is 2.46. The molecule has 2 atom stereocenters. The van der Waals surface area contributed by atoms with Crippen molar-refractivity contribution in [3.8, 4) is 18.1 Å². The van der Waals surface area contributed by atoms with Crippen LogP contribution in [-0.4, -0.2) is 35.9 Å². The lowest BCUT2D eigenvalue weighted by Gasteiger charge is -2.26. The number of carbonyl (C=O) groups is 3. The van der Waals surface area contributed by atoms with Gasteiger partial charge >= 0.3 is 6.03 Å². The van der Waals surface area contributed by atoms with Crippen molar-refractivity contribution in [1.29, 1.82) is 0 Å². The molecule has 3 aromatic carbocycles. The predicted molar refractivity (Wildman–Crippen MR) is 133 cm³/mol. The summed E-state index contributed by atoms with van der Waals surface area (Å²) in [6, 6.07) is 19.5. The van der Waals surface area contributed by atoms with E-state index in [4.69, 9.17) is 11.2 Å². The van der Waals surface area contributed by atoms with E-state index in [0.29, 0.717) is 33.7 Å². The maximum absolute atomic E-state index is 13.5.